The highest BCUT2D eigenvalue weighted by atomic mass is 32.2. The van der Waals surface area contributed by atoms with Gasteiger partial charge in [0.15, 0.2) is 5.17 Å². The third-order valence-electron chi connectivity index (χ3n) is 5.95. The zero-order valence-corrected chi connectivity index (χ0v) is 18.4. The topological polar surface area (TPSA) is 44.7 Å². The third-order valence-corrected chi connectivity index (χ3v) is 6.86. The first-order valence-electron chi connectivity index (χ1n) is 9.97. The maximum Gasteiger partial charge on any atom is 0.264 e. The molecule has 2 heterocycles. The van der Waals surface area contributed by atoms with E-state index in [4.69, 9.17) is 0 Å². The molecule has 1 N–H and O–H groups in total. The summed E-state index contributed by atoms with van der Waals surface area (Å²) < 4.78 is 0. The van der Waals surface area contributed by atoms with E-state index in [1.54, 1.807) is 0 Å². The number of benzene rings is 2. The fraction of sp³-hybridized carbons (Fsp3) is 0.333. The van der Waals surface area contributed by atoms with E-state index < -0.39 is 0 Å². The molecule has 1 amide bonds. The average molecular weight is 406 g/mol. The number of carbonyl (C=O) groups is 1. The number of hydrogen-bond donors (Lipinski definition) is 1. The zero-order chi connectivity index (χ0) is 20.8. The predicted molar refractivity (Wildman–Crippen MR) is 124 cm³/mol. The van der Waals surface area contributed by atoms with E-state index in [0.717, 1.165) is 17.7 Å². The summed E-state index contributed by atoms with van der Waals surface area (Å²) in [5.41, 5.74) is 5.90. The number of para-hydroxylation sites is 1. The van der Waals surface area contributed by atoms with Gasteiger partial charge in [0, 0.05) is 18.3 Å². The molecule has 5 heteroatoms. The first kappa shape index (κ1) is 19.8. The molecule has 2 aromatic carbocycles. The molecular weight excluding hydrogens is 378 g/mol. The van der Waals surface area contributed by atoms with E-state index in [2.05, 4.69) is 62.1 Å². The number of thioether (sulfide) groups is 1. The quantitative estimate of drug-likeness (QED) is 0.661. The zero-order valence-electron chi connectivity index (χ0n) is 17.6. The lowest BCUT2D eigenvalue weighted by molar-refractivity contribution is -0.115. The van der Waals surface area contributed by atoms with Gasteiger partial charge >= 0.3 is 0 Å². The molecule has 0 aromatic heterocycles. The van der Waals surface area contributed by atoms with Gasteiger partial charge in [-0.05, 0) is 91.9 Å². The van der Waals surface area contributed by atoms with E-state index in [9.17, 15) is 4.79 Å². The van der Waals surface area contributed by atoms with Crippen molar-refractivity contribution >= 4 is 40.3 Å². The van der Waals surface area contributed by atoms with Crippen LogP contribution in [0, 0.1) is 6.92 Å². The van der Waals surface area contributed by atoms with Crippen LogP contribution < -0.4 is 10.2 Å². The van der Waals surface area contributed by atoms with E-state index in [1.807, 2.05) is 36.4 Å². The summed E-state index contributed by atoms with van der Waals surface area (Å²) in [6.07, 6.45) is 3.11. The number of aryl methyl sites for hydroxylation is 1. The molecule has 4 rings (SSSR count). The number of hydrogen-bond acceptors (Lipinski definition) is 4. The molecular formula is C24H27N3OS. The highest BCUT2D eigenvalue weighted by Crippen LogP contribution is 2.44. The Bertz CT molecular complexity index is 1020. The molecule has 0 radical (unpaired) electrons. The van der Waals surface area contributed by atoms with Crippen LogP contribution in [-0.4, -0.2) is 23.7 Å². The summed E-state index contributed by atoms with van der Waals surface area (Å²) >= 11 is 1.40. The molecule has 2 aliphatic rings. The van der Waals surface area contributed by atoms with Gasteiger partial charge in [-0.15, -0.1) is 0 Å². The summed E-state index contributed by atoms with van der Waals surface area (Å²) in [6, 6.07) is 14.2. The second-order valence-electron chi connectivity index (χ2n) is 8.56. The summed E-state index contributed by atoms with van der Waals surface area (Å²) in [6.45, 7) is 9.00. The van der Waals surface area contributed by atoms with E-state index in [-0.39, 0.29) is 11.4 Å². The van der Waals surface area contributed by atoms with Crippen LogP contribution in [0.2, 0.25) is 0 Å². The van der Waals surface area contributed by atoms with Crippen molar-refractivity contribution in [2.24, 2.45) is 4.99 Å². The van der Waals surface area contributed by atoms with Crippen LogP contribution in [0.3, 0.4) is 0 Å². The molecule has 29 heavy (non-hydrogen) atoms. The molecule has 150 valence electrons. The average Bonchev–Trinajstić information content (AvgIpc) is 3.00. The molecule has 1 saturated heterocycles. The number of anilines is 1. The normalized spacial score (nSPS) is 23.4. The summed E-state index contributed by atoms with van der Waals surface area (Å²) in [4.78, 5) is 20.1. The largest absolute Gasteiger partial charge is 0.369 e. The number of aliphatic imine (C=N–C) groups is 1. The standard InChI is InChI=1S/C24H27N3OS/c1-15-11-20-19(16(2)14-24(3,4)27(20)5)12-17(15)13-21-22(28)26-23(29-21)25-18-9-7-6-8-10-18/h6-13,16H,14H2,1-5H3,(H,25,26,28)/b21-13-/t16-/m0/s1. The number of rotatable bonds is 2. The minimum absolute atomic E-state index is 0.0897. The van der Waals surface area contributed by atoms with Gasteiger partial charge < -0.3 is 10.2 Å². The number of amides is 1. The first-order chi connectivity index (χ1) is 13.7. The fourth-order valence-electron chi connectivity index (χ4n) is 4.13. The van der Waals surface area contributed by atoms with Gasteiger partial charge in [0.2, 0.25) is 0 Å². The van der Waals surface area contributed by atoms with Crippen LogP contribution in [-0.2, 0) is 4.79 Å². The van der Waals surface area contributed by atoms with Crippen LogP contribution >= 0.6 is 11.8 Å². The molecule has 1 fully saturated rings. The second kappa shape index (κ2) is 7.38. The Hall–Kier alpha value is -2.53. The van der Waals surface area contributed by atoms with E-state index in [0.29, 0.717) is 16.0 Å². The van der Waals surface area contributed by atoms with E-state index in [1.165, 1.54) is 28.6 Å². The first-order valence-corrected chi connectivity index (χ1v) is 10.8. The SMILES string of the molecule is Cc1cc2c(cc1/C=C1\SC(=Nc3ccccc3)NC1=O)[C@@H](C)CC(C)(C)N2C. The fourth-order valence-corrected chi connectivity index (χ4v) is 4.96. The molecule has 0 unspecified atom stereocenters. The van der Waals surface area contributed by atoms with Crippen LogP contribution in [0.1, 0.15) is 49.8 Å². The number of carbonyl (C=O) groups excluding carboxylic acids is 1. The van der Waals surface area contributed by atoms with Crippen LogP contribution in [0.15, 0.2) is 52.4 Å². The van der Waals surface area contributed by atoms with Crippen molar-refractivity contribution in [3.63, 3.8) is 0 Å². The molecule has 0 aliphatic carbocycles. The molecule has 0 bridgehead atoms. The lowest BCUT2D eigenvalue weighted by atomic mass is 9.79. The number of amidine groups is 1. The molecule has 2 aliphatic heterocycles. The Labute approximate surface area is 177 Å². The Balaban J connectivity index is 1.66. The highest BCUT2D eigenvalue weighted by Gasteiger charge is 2.34. The summed E-state index contributed by atoms with van der Waals surface area (Å²) in [5, 5.41) is 3.50. The van der Waals surface area contributed by atoms with E-state index >= 15 is 0 Å². The van der Waals surface area contributed by atoms with Crippen molar-refractivity contribution in [2.45, 2.75) is 45.6 Å². The maximum absolute atomic E-state index is 12.5. The number of fused-ring (bicyclic) bond motifs is 1. The van der Waals surface area contributed by atoms with Gasteiger partial charge in [-0.3, -0.25) is 4.79 Å². The van der Waals surface area contributed by atoms with Crippen molar-refractivity contribution in [1.29, 1.82) is 0 Å². The molecule has 4 nitrogen and oxygen atoms in total. The predicted octanol–water partition coefficient (Wildman–Crippen LogP) is 5.61. The molecule has 0 spiro atoms. The van der Waals surface area contributed by atoms with Gasteiger partial charge in [0.1, 0.15) is 0 Å². The minimum Gasteiger partial charge on any atom is -0.369 e. The van der Waals surface area contributed by atoms with Crippen molar-refractivity contribution in [3.05, 3.63) is 64.1 Å². The molecule has 1 atom stereocenters. The van der Waals surface area contributed by atoms with Crippen molar-refractivity contribution < 1.29 is 4.79 Å². The van der Waals surface area contributed by atoms with Gasteiger partial charge in [-0.2, -0.15) is 0 Å². The third kappa shape index (κ3) is 3.84. The Morgan fingerprint density at radius 1 is 1.24 bits per heavy atom. The van der Waals surface area contributed by atoms with Gasteiger partial charge in [0.05, 0.1) is 10.6 Å². The molecule has 2 aromatic rings. The Morgan fingerprint density at radius 3 is 2.69 bits per heavy atom. The lowest BCUT2D eigenvalue weighted by Gasteiger charge is -2.45. The minimum atomic E-state index is -0.0897. The van der Waals surface area contributed by atoms with Crippen LogP contribution in [0.4, 0.5) is 11.4 Å². The van der Waals surface area contributed by atoms with Crippen molar-refractivity contribution in [1.82, 2.24) is 5.32 Å². The Morgan fingerprint density at radius 2 is 1.97 bits per heavy atom. The van der Waals surface area contributed by atoms with Gasteiger partial charge in [0.25, 0.3) is 5.91 Å². The monoisotopic (exact) mass is 405 g/mol. The summed E-state index contributed by atoms with van der Waals surface area (Å²) in [7, 11) is 2.18. The number of nitrogens with one attached hydrogen (secondary N) is 1. The van der Waals surface area contributed by atoms with Crippen LogP contribution in [0.25, 0.3) is 6.08 Å². The van der Waals surface area contributed by atoms with Crippen molar-refractivity contribution in [2.75, 3.05) is 11.9 Å². The van der Waals surface area contributed by atoms with Gasteiger partial charge in [-0.1, -0.05) is 25.1 Å². The Kier molecular flexibility index (Phi) is 5.03. The van der Waals surface area contributed by atoms with Crippen molar-refractivity contribution in [3.8, 4) is 0 Å². The molecule has 0 saturated carbocycles. The number of nitrogens with zero attached hydrogens (tertiary/aromatic N) is 2. The van der Waals surface area contributed by atoms with Crippen LogP contribution in [0.5, 0.6) is 0 Å². The van der Waals surface area contributed by atoms with Gasteiger partial charge in [-0.25, -0.2) is 4.99 Å². The summed E-state index contributed by atoms with van der Waals surface area (Å²) in [5.74, 6) is 0.391. The highest BCUT2D eigenvalue weighted by molar-refractivity contribution is 8.18. The smallest absolute Gasteiger partial charge is 0.264 e. The lowest BCUT2D eigenvalue weighted by Crippen LogP contribution is -2.45. The maximum atomic E-state index is 12.5. The second-order valence-corrected chi connectivity index (χ2v) is 9.59.